The van der Waals surface area contributed by atoms with Crippen LogP contribution in [-0.2, 0) is 14.3 Å². The molecule has 1 aromatic rings. The molecule has 3 aliphatic rings. The fourth-order valence-corrected chi connectivity index (χ4v) is 4.00. The lowest BCUT2D eigenvalue weighted by atomic mass is 9.96. The van der Waals surface area contributed by atoms with Crippen molar-refractivity contribution in [3.8, 4) is 0 Å². The molecule has 0 radical (unpaired) electrons. The number of amides is 3. The van der Waals surface area contributed by atoms with Crippen molar-refractivity contribution in [2.24, 2.45) is 0 Å². The summed E-state index contributed by atoms with van der Waals surface area (Å²) < 4.78 is 5.16. The number of urea groups is 1. The minimum Gasteiger partial charge on any atom is -0.456 e. The van der Waals surface area contributed by atoms with Gasteiger partial charge in [0.15, 0.2) is 0 Å². The van der Waals surface area contributed by atoms with Crippen molar-refractivity contribution in [1.82, 2.24) is 15.5 Å². The summed E-state index contributed by atoms with van der Waals surface area (Å²) >= 11 is 5.93. The van der Waals surface area contributed by atoms with Gasteiger partial charge in [-0.1, -0.05) is 36.6 Å². The van der Waals surface area contributed by atoms with Gasteiger partial charge in [0.05, 0.1) is 17.3 Å². The molecular weight excluding hydrogens is 370 g/mol. The van der Waals surface area contributed by atoms with E-state index in [-0.39, 0.29) is 25.1 Å². The van der Waals surface area contributed by atoms with Crippen LogP contribution in [0.4, 0.5) is 4.79 Å². The fourth-order valence-electron chi connectivity index (χ4n) is 3.87. The highest BCUT2D eigenvalue weighted by atomic mass is 35.5. The van der Waals surface area contributed by atoms with E-state index in [9.17, 15) is 14.4 Å². The lowest BCUT2D eigenvalue weighted by molar-refractivity contribution is -0.136. The molecule has 0 bridgehead atoms. The van der Waals surface area contributed by atoms with E-state index >= 15 is 0 Å². The second-order valence-corrected chi connectivity index (χ2v) is 7.44. The van der Waals surface area contributed by atoms with Crippen molar-refractivity contribution < 1.29 is 19.1 Å². The average Bonchev–Trinajstić information content (AvgIpc) is 3.28. The van der Waals surface area contributed by atoms with Crippen LogP contribution in [0, 0.1) is 0 Å². The molecule has 142 valence electrons. The third-order valence-electron chi connectivity index (χ3n) is 5.22. The molecule has 4 rings (SSSR count). The summed E-state index contributed by atoms with van der Waals surface area (Å²) in [7, 11) is 0. The van der Waals surface area contributed by atoms with Gasteiger partial charge in [-0.3, -0.25) is 9.69 Å². The Morgan fingerprint density at radius 2 is 1.93 bits per heavy atom. The SMILES string of the molecule is O=C(CN1C(=O)N[C@@H](c2ccc(Cl)cc2)C2=C1COC2=O)NC1CCCC1. The zero-order valence-electron chi connectivity index (χ0n) is 14.7. The highest BCUT2D eigenvalue weighted by Gasteiger charge is 2.42. The Kier molecular flexibility index (Phi) is 4.78. The normalized spacial score (nSPS) is 22.6. The topological polar surface area (TPSA) is 87.7 Å². The summed E-state index contributed by atoms with van der Waals surface area (Å²) in [5.41, 5.74) is 1.55. The fraction of sp³-hybridized carbons (Fsp3) is 0.421. The van der Waals surface area contributed by atoms with Gasteiger partial charge >= 0.3 is 12.0 Å². The summed E-state index contributed by atoms with van der Waals surface area (Å²) in [4.78, 5) is 38.6. The molecule has 0 aromatic heterocycles. The van der Waals surface area contributed by atoms with E-state index in [2.05, 4.69) is 10.6 Å². The Bertz CT molecular complexity index is 815. The van der Waals surface area contributed by atoms with E-state index < -0.39 is 18.0 Å². The van der Waals surface area contributed by atoms with E-state index in [4.69, 9.17) is 16.3 Å². The number of carbonyl (C=O) groups is 3. The molecule has 2 aliphatic heterocycles. The van der Waals surface area contributed by atoms with Gasteiger partial charge in [0.1, 0.15) is 13.2 Å². The van der Waals surface area contributed by atoms with Crippen LogP contribution in [0.1, 0.15) is 37.3 Å². The van der Waals surface area contributed by atoms with Crippen molar-refractivity contribution in [2.45, 2.75) is 37.8 Å². The Hall–Kier alpha value is -2.54. The summed E-state index contributed by atoms with van der Waals surface area (Å²) in [5.74, 6) is -0.709. The van der Waals surface area contributed by atoms with Crippen molar-refractivity contribution in [1.29, 1.82) is 0 Å². The van der Waals surface area contributed by atoms with Crippen LogP contribution in [0.3, 0.4) is 0 Å². The van der Waals surface area contributed by atoms with Crippen molar-refractivity contribution >= 4 is 29.5 Å². The largest absolute Gasteiger partial charge is 0.456 e. The summed E-state index contributed by atoms with van der Waals surface area (Å²) in [6.07, 6.45) is 4.14. The van der Waals surface area contributed by atoms with Crippen LogP contribution in [0.5, 0.6) is 0 Å². The molecule has 1 aromatic carbocycles. The minimum atomic E-state index is -0.617. The van der Waals surface area contributed by atoms with Gasteiger partial charge in [0, 0.05) is 11.1 Å². The lowest BCUT2D eigenvalue weighted by Crippen LogP contribution is -2.51. The van der Waals surface area contributed by atoms with Gasteiger partial charge in [-0.25, -0.2) is 9.59 Å². The molecule has 8 heteroatoms. The van der Waals surface area contributed by atoms with Crippen LogP contribution in [0.15, 0.2) is 35.5 Å². The first-order valence-electron chi connectivity index (χ1n) is 9.06. The highest BCUT2D eigenvalue weighted by Crippen LogP contribution is 2.35. The van der Waals surface area contributed by atoms with E-state index in [0.717, 1.165) is 31.2 Å². The smallest absolute Gasteiger partial charge is 0.338 e. The zero-order chi connectivity index (χ0) is 19.0. The number of esters is 1. The molecule has 27 heavy (non-hydrogen) atoms. The summed E-state index contributed by atoms with van der Waals surface area (Å²) in [5, 5.41) is 6.34. The third kappa shape index (κ3) is 3.51. The van der Waals surface area contributed by atoms with Gasteiger partial charge in [0.2, 0.25) is 5.91 Å². The molecule has 1 aliphatic carbocycles. The number of cyclic esters (lactones) is 1. The van der Waals surface area contributed by atoms with Gasteiger partial charge in [0.25, 0.3) is 0 Å². The predicted octanol–water partition coefficient (Wildman–Crippen LogP) is 2.28. The molecule has 0 spiro atoms. The standard InChI is InChI=1S/C19H20ClN3O4/c20-12-7-5-11(6-8-12)17-16-14(10-27-18(16)25)23(19(26)22-17)9-15(24)21-13-3-1-2-4-13/h5-8,13,17H,1-4,9-10H2,(H,21,24)(H,22,26)/t17-/m0/s1. The van der Waals surface area contributed by atoms with E-state index in [0.29, 0.717) is 16.3 Å². The number of nitrogens with zero attached hydrogens (tertiary/aromatic N) is 1. The molecule has 7 nitrogen and oxygen atoms in total. The number of hydrogen-bond acceptors (Lipinski definition) is 4. The first kappa shape index (κ1) is 17.9. The number of ether oxygens (including phenoxy) is 1. The number of halogens is 1. The Balaban J connectivity index is 1.57. The second-order valence-electron chi connectivity index (χ2n) is 7.01. The first-order valence-corrected chi connectivity index (χ1v) is 9.44. The highest BCUT2D eigenvalue weighted by molar-refractivity contribution is 6.30. The maximum absolute atomic E-state index is 12.7. The number of rotatable bonds is 4. The first-order chi connectivity index (χ1) is 13.0. The maximum atomic E-state index is 12.7. The molecule has 1 saturated carbocycles. The van der Waals surface area contributed by atoms with E-state index in [1.54, 1.807) is 24.3 Å². The van der Waals surface area contributed by atoms with Crippen LogP contribution in [-0.4, -0.2) is 42.0 Å². The van der Waals surface area contributed by atoms with Crippen molar-refractivity contribution in [3.63, 3.8) is 0 Å². The lowest BCUT2D eigenvalue weighted by Gasteiger charge is -2.32. The molecule has 1 fully saturated rings. The minimum absolute atomic E-state index is 0.0115. The number of benzene rings is 1. The molecule has 2 heterocycles. The molecule has 0 unspecified atom stereocenters. The van der Waals surface area contributed by atoms with Crippen LogP contribution < -0.4 is 10.6 Å². The Morgan fingerprint density at radius 3 is 2.63 bits per heavy atom. The van der Waals surface area contributed by atoms with Gasteiger partial charge in [-0.15, -0.1) is 0 Å². The Morgan fingerprint density at radius 1 is 1.22 bits per heavy atom. The third-order valence-corrected chi connectivity index (χ3v) is 5.48. The van der Waals surface area contributed by atoms with Crippen LogP contribution >= 0.6 is 11.6 Å². The van der Waals surface area contributed by atoms with Crippen molar-refractivity contribution in [3.05, 3.63) is 46.1 Å². The van der Waals surface area contributed by atoms with E-state index in [1.807, 2.05) is 0 Å². The Labute approximate surface area is 161 Å². The zero-order valence-corrected chi connectivity index (χ0v) is 15.4. The molecule has 2 N–H and O–H groups in total. The average molecular weight is 390 g/mol. The van der Waals surface area contributed by atoms with Gasteiger partial charge in [-0.05, 0) is 30.5 Å². The predicted molar refractivity (Wildman–Crippen MR) is 97.8 cm³/mol. The number of hydrogen-bond donors (Lipinski definition) is 2. The molecule has 0 saturated heterocycles. The monoisotopic (exact) mass is 389 g/mol. The quantitative estimate of drug-likeness (QED) is 0.773. The van der Waals surface area contributed by atoms with Crippen molar-refractivity contribution in [2.75, 3.05) is 13.2 Å². The van der Waals surface area contributed by atoms with E-state index in [1.165, 1.54) is 4.90 Å². The molecule has 3 amide bonds. The van der Waals surface area contributed by atoms with Crippen LogP contribution in [0.2, 0.25) is 5.02 Å². The molecular formula is C19H20ClN3O4. The second kappa shape index (κ2) is 7.23. The number of nitrogens with one attached hydrogen (secondary N) is 2. The molecule has 1 atom stereocenters. The summed E-state index contributed by atoms with van der Waals surface area (Å²) in [6, 6.07) is 6.04. The maximum Gasteiger partial charge on any atom is 0.338 e. The summed E-state index contributed by atoms with van der Waals surface area (Å²) in [6.45, 7) is -0.145. The number of carbonyl (C=O) groups excluding carboxylic acids is 3. The van der Waals surface area contributed by atoms with Crippen LogP contribution in [0.25, 0.3) is 0 Å². The van der Waals surface area contributed by atoms with Gasteiger partial charge < -0.3 is 15.4 Å². The van der Waals surface area contributed by atoms with Gasteiger partial charge in [-0.2, -0.15) is 0 Å².